The molecule has 0 aliphatic rings. The lowest BCUT2D eigenvalue weighted by Gasteiger charge is -2.00. The number of nitrogens with one attached hydrogen (secondary N) is 1. The van der Waals surface area contributed by atoms with E-state index in [1.54, 1.807) is 13.2 Å². The predicted octanol–water partition coefficient (Wildman–Crippen LogP) is 5.36. The van der Waals surface area contributed by atoms with Crippen molar-refractivity contribution in [2.45, 2.75) is 5.22 Å². The van der Waals surface area contributed by atoms with Crippen LogP contribution in [0.3, 0.4) is 0 Å². The second-order valence-corrected chi connectivity index (χ2v) is 8.69. The van der Waals surface area contributed by atoms with Gasteiger partial charge in [0, 0.05) is 21.0 Å². The van der Waals surface area contributed by atoms with Crippen molar-refractivity contribution in [3.8, 4) is 28.5 Å². The van der Waals surface area contributed by atoms with Gasteiger partial charge >= 0.3 is 0 Å². The van der Waals surface area contributed by atoms with E-state index in [0.29, 0.717) is 22.0 Å². The van der Waals surface area contributed by atoms with Crippen LogP contribution in [0.5, 0.6) is 5.75 Å². The summed E-state index contributed by atoms with van der Waals surface area (Å²) in [5.74, 6) is 1.01. The molecule has 0 saturated heterocycles. The Kier molecular flexibility index (Phi) is 6.46. The number of thioether (sulfide) groups is 1. The molecule has 2 heterocycles. The molecular weight excluding hydrogens is 488 g/mol. The molecule has 152 valence electrons. The summed E-state index contributed by atoms with van der Waals surface area (Å²) in [6, 6.07) is 15.2. The van der Waals surface area contributed by atoms with Crippen molar-refractivity contribution in [1.29, 1.82) is 0 Å². The molecule has 0 bridgehead atoms. The molecule has 0 unspecified atom stereocenters. The Morgan fingerprint density at radius 2 is 2.03 bits per heavy atom. The molecule has 0 aliphatic carbocycles. The number of benzene rings is 2. The molecule has 2 aromatic heterocycles. The maximum absolute atomic E-state index is 12.3. The average Bonchev–Trinajstić information content (AvgIpc) is 3.43. The molecule has 0 spiro atoms. The Bertz CT molecular complexity index is 1160. The van der Waals surface area contributed by atoms with Gasteiger partial charge in [-0.1, -0.05) is 45.9 Å². The third-order valence-corrected chi connectivity index (χ3v) is 6.05. The van der Waals surface area contributed by atoms with Crippen molar-refractivity contribution >= 4 is 50.1 Å². The second kappa shape index (κ2) is 9.41. The number of halogens is 1. The molecule has 0 saturated carbocycles. The summed E-state index contributed by atoms with van der Waals surface area (Å²) >= 11 is 5.96. The van der Waals surface area contributed by atoms with Crippen molar-refractivity contribution in [3.05, 3.63) is 58.4 Å². The molecule has 0 aliphatic heterocycles. The predicted molar refractivity (Wildman–Crippen MR) is 121 cm³/mol. The molecule has 30 heavy (non-hydrogen) atoms. The van der Waals surface area contributed by atoms with Crippen LogP contribution in [-0.4, -0.2) is 34.0 Å². The van der Waals surface area contributed by atoms with E-state index in [1.165, 1.54) is 23.1 Å². The smallest absolute Gasteiger partial charge is 0.277 e. The fourth-order valence-corrected chi connectivity index (χ4v) is 4.07. The number of nitrogens with zero attached hydrogens (tertiary/aromatic N) is 3. The minimum Gasteiger partial charge on any atom is -0.497 e. The molecule has 2 aromatic carbocycles. The van der Waals surface area contributed by atoms with E-state index >= 15 is 0 Å². The first-order valence-electron chi connectivity index (χ1n) is 8.73. The van der Waals surface area contributed by atoms with Gasteiger partial charge in [0.2, 0.25) is 11.8 Å². The number of ether oxygens (including phenoxy) is 1. The summed E-state index contributed by atoms with van der Waals surface area (Å²) in [6.07, 6.45) is 0. The molecular formula is C20H15BrN4O3S2. The van der Waals surface area contributed by atoms with Crippen molar-refractivity contribution in [1.82, 2.24) is 15.2 Å². The summed E-state index contributed by atoms with van der Waals surface area (Å²) in [7, 11) is 1.59. The van der Waals surface area contributed by atoms with Gasteiger partial charge in [-0.2, -0.15) is 0 Å². The normalized spacial score (nSPS) is 10.7. The largest absolute Gasteiger partial charge is 0.497 e. The van der Waals surface area contributed by atoms with Gasteiger partial charge in [0.15, 0.2) is 5.13 Å². The van der Waals surface area contributed by atoms with Crippen LogP contribution in [-0.2, 0) is 4.79 Å². The van der Waals surface area contributed by atoms with Crippen molar-refractivity contribution in [2.75, 3.05) is 18.2 Å². The topological polar surface area (TPSA) is 90.1 Å². The second-order valence-electron chi connectivity index (χ2n) is 5.99. The molecule has 10 heteroatoms. The molecule has 4 rings (SSSR count). The number of hydrogen-bond acceptors (Lipinski definition) is 8. The van der Waals surface area contributed by atoms with Gasteiger partial charge in [0.1, 0.15) is 5.75 Å². The maximum Gasteiger partial charge on any atom is 0.277 e. The van der Waals surface area contributed by atoms with Crippen LogP contribution in [0.1, 0.15) is 0 Å². The van der Waals surface area contributed by atoms with E-state index < -0.39 is 0 Å². The summed E-state index contributed by atoms with van der Waals surface area (Å²) in [5.41, 5.74) is 2.55. The summed E-state index contributed by atoms with van der Waals surface area (Å²) in [5, 5.41) is 13.6. The standard InChI is InChI=1S/C20H15BrN4O3S2/c1-27-15-4-2-3-13(9-15)18-24-25-20(28-18)30-11-17(26)23-19-22-16(10-29-19)12-5-7-14(21)8-6-12/h2-10H,11H2,1H3,(H,22,23,26). The molecule has 0 atom stereocenters. The van der Waals surface area contributed by atoms with Gasteiger partial charge < -0.3 is 14.5 Å². The average molecular weight is 503 g/mol. The molecule has 4 aromatic rings. The highest BCUT2D eigenvalue weighted by Gasteiger charge is 2.13. The van der Waals surface area contributed by atoms with Crippen LogP contribution >= 0.6 is 39.0 Å². The quantitative estimate of drug-likeness (QED) is 0.340. The van der Waals surface area contributed by atoms with Crippen LogP contribution in [0.4, 0.5) is 5.13 Å². The lowest BCUT2D eigenvalue weighted by molar-refractivity contribution is -0.113. The molecule has 0 fully saturated rings. The van der Waals surface area contributed by atoms with Crippen LogP contribution < -0.4 is 10.1 Å². The summed E-state index contributed by atoms with van der Waals surface area (Å²) < 4.78 is 11.8. The number of methoxy groups -OCH3 is 1. The van der Waals surface area contributed by atoms with Gasteiger partial charge in [-0.25, -0.2) is 4.98 Å². The first-order valence-corrected chi connectivity index (χ1v) is 11.4. The Morgan fingerprint density at radius 1 is 1.20 bits per heavy atom. The van der Waals surface area contributed by atoms with Gasteiger partial charge in [-0.05, 0) is 30.3 Å². The molecule has 7 nitrogen and oxygen atoms in total. The highest BCUT2D eigenvalue weighted by molar-refractivity contribution is 9.10. The Hall–Kier alpha value is -2.69. The third kappa shape index (κ3) is 5.07. The van der Waals surface area contributed by atoms with Gasteiger partial charge in [-0.3, -0.25) is 4.79 Å². The fraction of sp³-hybridized carbons (Fsp3) is 0.100. The van der Waals surface area contributed by atoms with E-state index in [2.05, 4.69) is 36.4 Å². The number of hydrogen-bond donors (Lipinski definition) is 1. The van der Waals surface area contributed by atoms with E-state index in [0.717, 1.165) is 21.3 Å². The van der Waals surface area contributed by atoms with Gasteiger partial charge in [0.25, 0.3) is 5.22 Å². The Labute approximate surface area is 189 Å². The van der Waals surface area contributed by atoms with Crippen molar-refractivity contribution < 1.29 is 13.9 Å². The monoisotopic (exact) mass is 502 g/mol. The lowest BCUT2D eigenvalue weighted by atomic mass is 10.2. The SMILES string of the molecule is COc1cccc(-c2nnc(SCC(=O)Nc3nc(-c4ccc(Br)cc4)cs3)o2)c1. The zero-order valence-electron chi connectivity index (χ0n) is 15.7. The minimum absolute atomic E-state index is 0.132. The number of thiazole rings is 1. The molecule has 1 amide bonds. The fourth-order valence-electron chi connectivity index (χ4n) is 2.51. The van der Waals surface area contributed by atoms with Crippen molar-refractivity contribution in [2.24, 2.45) is 0 Å². The van der Waals surface area contributed by atoms with E-state index in [1.807, 2.05) is 47.8 Å². The van der Waals surface area contributed by atoms with Gasteiger partial charge in [0.05, 0.1) is 18.6 Å². The highest BCUT2D eigenvalue weighted by atomic mass is 79.9. The summed E-state index contributed by atoms with van der Waals surface area (Å²) in [4.78, 5) is 16.7. The zero-order chi connectivity index (χ0) is 20.9. The van der Waals surface area contributed by atoms with Gasteiger partial charge in [-0.15, -0.1) is 21.5 Å². The van der Waals surface area contributed by atoms with E-state index in [9.17, 15) is 4.79 Å². The number of carbonyl (C=O) groups is 1. The highest BCUT2D eigenvalue weighted by Crippen LogP contribution is 2.28. The summed E-state index contributed by atoms with van der Waals surface area (Å²) in [6.45, 7) is 0. The van der Waals surface area contributed by atoms with Crippen molar-refractivity contribution in [3.63, 3.8) is 0 Å². The number of carbonyl (C=O) groups excluding carboxylic acids is 1. The van der Waals surface area contributed by atoms with E-state index in [-0.39, 0.29) is 11.7 Å². The first-order chi connectivity index (χ1) is 14.6. The number of aromatic nitrogens is 3. The maximum atomic E-state index is 12.3. The van der Waals surface area contributed by atoms with Crippen LogP contribution in [0.25, 0.3) is 22.7 Å². The van der Waals surface area contributed by atoms with Crippen LogP contribution in [0, 0.1) is 0 Å². The molecule has 1 N–H and O–H groups in total. The lowest BCUT2D eigenvalue weighted by Crippen LogP contribution is -2.13. The Morgan fingerprint density at radius 3 is 2.83 bits per heavy atom. The van der Waals surface area contributed by atoms with Crippen LogP contribution in [0.15, 0.2) is 68.0 Å². The molecule has 0 radical (unpaired) electrons. The number of amides is 1. The Balaban J connectivity index is 1.33. The number of anilines is 1. The van der Waals surface area contributed by atoms with E-state index in [4.69, 9.17) is 9.15 Å². The first kappa shape index (κ1) is 20.6. The number of rotatable bonds is 7. The third-order valence-electron chi connectivity index (χ3n) is 3.94. The minimum atomic E-state index is -0.196. The van der Waals surface area contributed by atoms with Crippen LogP contribution in [0.2, 0.25) is 0 Å². The zero-order valence-corrected chi connectivity index (χ0v) is 18.9.